The Bertz CT molecular complexity index is 828. The number of likely N-dealkylation sites (tertiary alicyclic amines) is 1. The third kappa shape index (κ3) is 36.8. The van der Waals surface area contributed by atoms with Crippen molar-refractivity contribution >= 4 is 6.09 Å². The molecule has 6 nitrogen and oxygen atoms in total. The van der Waals surface area contributed by atoms with Gasteiger partial charge in [-0.2, -0.15) is 0 Å². The highest BCUT2D eigenvalue weighted by molar-refractivity contribution is 5.67. The summed E-state index contributed by atoms with van der Waals surface area (Å²) in [4.78, 5) is 14.8. The van der Waals surface area contributed by atoms with Gasteiger partial charge in [0, 0.05) is 32.2 Å². The Morgan fingerprint density at radius 1 is 0.547 bits per heavy atom. The van der Waals surface area contributed by atoms with Crippen molar-refractivity contribution in [1.82, 2.24) is 10.2 Å². The average Bonchev–Trinajstić information content (AvgIpc) is 3.69. The van der Waals surface area contributed by atoms with Crippen LogP contribution < -0.4 is 5.32 Å². The van der Waals surface area contributed by atoms with Crippen molar-refractivity contribution in [2.24, 2.45) is 5.92 Å². The summed E-state index contributed by atoms with van der Waals surface area (Å²) in [6, 6.07) is 0. The van der Waals surface area contributed by atoms with E-state index in [0.717, 1.165) is 58.5 Å². The van der Waals surface area contributed by atoms with Crippen LogP contribution >= 0.6 is 0 Å². The summed E-state index contributed by atoms with van der Waals surface area (Å²) in [5.74, 6) is 0.0635. The van der Waals surface area contributed by atoms with Crippen LogP contribution in [0.5, 0.6) is 0 Å². The highest BCUT2D eigenvalue weighted by Crippen LogP contribution is 2.11. The predicted molar refractivity (Wildman–Crippen MR) is 229 cm³/mol. The molecule has 1 atom stereocenters. The molecular weight excluding hydrogens is 657 g/mol. The van der Waals surface area contributed by atoms with Gasteiger partial charge >= 0.3 is 6.09 Å². The van der Waals surface area contributed by atoms with Crippen LogP contribution in [0.4, 0.5) is 4.79 Å². The molecule has 1 aliphatic rings. The smallest absolute Gasteiger partial charge is 0.407 e. The Balaban J connectivity index is 2.12. The standard InChI is InChI=1S/C47H86N2O4/c1-3-5-7-9-11-13-15-17-19-21-23-25-27-29-31-35-41-51-43-46(45-53-47(50)48-37-40-49-38-33-34-39-49)44-52-42-36-32-30-28-26-24-22-20-18-16-14-12-10-8-6-4-2/h11-14,17-20,46H,3-10,15-16,21-45H2,1-2H3,(H,48,50)/b13-11-,14-12+,19-17-,20-18+. The van der Waals surface area contributed by atoms with Crippen molar-refractivity contribution < 1.29 is 19.0 Å². The summed E-state index contributed by atoms with van der Waals surface area (Å²) in [6.07, 6.45) is 50.7. The van der Waals surface area contributed by atoms with Gasteiger partial charge in [-0.25, -0.2) is 4.79 Å². The molecule has 0 aliphatic carbocycles. The zero-order chi connectivity index (χ0) is 38.0. The molecule has 308 valence electrons. The van der Waals surface area contributed by atoms with E-state index in [1.165, 1.54) is 141 Å². The van der Waals surface area contributed by atoms with Crippen LogP contribution in [-0.2, 0) is 14.2 Å². The van der Waals surface area contributed by atoms with E-state index in [2.05, 4.69) is 72.7 Å². The monoisotopic (exact) mass is 743 g/mol. The van der Waals surface area contributed by atoms with Crippen LogP contribution in [0.15, 0.2) is 48.6 Å². The Hall–Kier alpha value is -1.89. The first kappa shape index (κ1) is 49.1. The summed E-state index contributed by atoms with van der Waals surface area (Å²) in [6.45, 7) is 11.3. The second-order valence-electron chi connectivity index (χ2n) is 15.3. The van der Waals surface area contributed by atoms with Gasteiger partial charge in [0.2, 0.25) is 0 Å². The molecule has 0 saturated carbocycles. The highest BCUT2D eigenvalue weighted by Gasteiger charge is 2.15. The normalized spacial score (nSPS) is 14.5. The Kier molecular flexibility index (Phi) is 38.3. The van der Waals surface area contributed by atoms with Gasteiger partial charge in [-0.15, -0.1) is 0 Å². The van der Waals surface area contributed by atoms with Gasteiger partial charge in [-0.3, -0.25) is 0 Å². The highest BCUT2D eigenvalue weighted by atomic mass is 16.6. The van der Waals surface area contributed by atoms with Gasteiger partial charge < -0.3 is 24.4 Å². The number of carbonyl (C=O) groups excluding carboxylic acids is 1. The molecule has 1 heterocycles. The third-order valence-corrected chi connectivity index (χ3v) is 10.0. The van der Waals surface area contributed by atoms with Crippen LogP contribution in [0.1, 0.15) is 181 Å². The molecule has 0 radical (unpaired) electrons. The predicted octanol–water partition coefficient (Wildman–Crippen LogP) is 13.1. The minimum Gasteiger partial charge on any atom is -0.449 e. The number of alkyl carbamates (subject to hydrolysis) is 1. The van der Waals surface area contributed by atoms with E-state index in [0.29, 0.717) is 26.4 Å². The van der Waals surface area contributed by atoms with Gasteiger partial charge in [0.1, 0.15) is 6.61 Å². The Morgan fingerprint density at radius 2 is 0.962 bits per heavy atom. The quantitative estimate of drug-likeness (QED) is 0.0502. The number of amides is 1. The molecule has 53 heavy (non-hydrogen) atoms. The molecule has 1 rings (SSSR count). The second kappa shape index (κ2) is 41.3. The fourth-order valence-electron chi connectivity index (χ4n) is 6.60. The summed E-state index contributed by atoms with van der Waals surface area (Å²) < 4.78 is 17.7. The molecule has 1 amide bonds. The summed E-state index contributed by atoms with van der Waals surface area (Å²) in [7, 11) is 0. The van der Waals surface area contributed by atoms with Crippen molar-refractivity contribution in [1.29, 1.82) is 0 Å². The van der Waals surface area contributed by atoms with E-state index < -0.39 is 0 Å². The van der Waals surface area contributed by atoms with Crippen LogP contribution in [0.3, 0.4) is 0 Å². The van der Waals surface area contributed by atoms with Crippen LogP contribution in [0.25, 0.3) is 0 Å². The van der Waals surface area contributed by atoms with E-state index in [1.54, 1.807) is 0 Å². The molecule has 0 aromatic carbocycles. The van der Waals surface area contributed by atoms with Gasteiger partial charge in [-0.05, 0) is 103 Å². The van der Waals surface area contributed by atoms with Crippen LogP contribution in [0.2, 0.25) is 0 Å². The largest absolute Gasteiger partial charge is 0.449 e. The number of carbonyl (C=O) groups is 1. The van der Waals surface area contributed by atoms with E-state index in [4.69, 9.17) is 14.2 Å². The second-order valence-corrected chi connectivity index (χ2v) is 15.3. The fourth-order valence-corrected chi connectivity index (χ4v) is 6.60. The maximum atomic E-state index is 12.4. The third-order valence-electron chi connectivity index (χ3n) is 10.0. The van der Waals surface area contributed by atoms with Crippen molar-refractivity contribution in [3.05, 3.63) is 48.6 Å². The Morgan fingerprint density at radius 3 is 1.42 bits per heavy atom. The number of rotatable bonds is 39. The topological polar surface area (TPSA) is 60.0 Å². The minimum absolute atomic E-state index is 0.0635. The van der Waals surface area contributed by atoms with Crippen molar-refractivity contribution in [2.75, 3.05) is 59.2 Å². The molecule has 0 spiro atoms. The molecule has 0 aromatic rings. The molecule has 0 aromatic heterocycles. The van der Waals surface area contributed by atoms with E-state index >= 15 is 0 Å². The number of nitrogens with one attached hydrogen (secondary N) is 1. The van der Waals surface area contributed by atoms with Crippen LogP contribution in [0, 0.1) is 5.92 Å². The molecule has 6 heteroatoms. The van der Waals surface area contributed by atoms with Gasteiger partial charge in [0.05, 0.1) is 13.2 Å². The fraction of sp³-hybridized carbons (Fsp3) is 0.809. The zero-order valence-corrected chi connectivity index (χ0v) is 35.0. The lowest BCUT2D eigenvalue weighted by Crippen LogP contribution is -2.35. The molecule has 1 saturated heterocycles. The minimum atomic E-state index is -0.329. The molecule has 1 aliphatic heterocycles. The number of nitrogens with zero attached hydrogens (tertiary/aromatic N) is 1. The Labute approximate surface area is 329 Å². The molecule has 1 N–H and O–H groups in total. The summed E-state index contributed by atoms with van der Waals surface area (Å²) in [5, 5.41) is 2.92. The van der Waals surface area contributed by atoms with Crippen molar-refractivity contribution in [3.8, 4) is 0 Å². The first-order chi connectivity index (χ1) is 26.3. The number of allylic oxidation sites excluding steroid dienone is 8. The number of hydrogen-bond donors (Lipinski definition) is 1. The molecule has 1 fully saturated rings. The first-order valence-corrected chi connectivity index (χ1v) is 22.6. The average molecular weight is 743 g/mol. The number of unbranched alkanes of at least 4 members (excludes halogenated alkanes) is 18. The lowest BCUT2D eigenvalue weighted by Gasteiger charge is -2.18. The SMILES string of the molecule is CCCCC/C=C\C/C=C\CCCCCCCCOCC(COCCCCCCCC/C=C/C/C=C/CCCCC)COC(=O)NCCN1CCCC1. The van der Waals surface area contributed by atoms with E-state index in [1.807, 2.05) is 0 Å². The summed E-state index contributed by atoms with van der Waals surface area (Å²) in [5.41, 5.74) is 0. The number of ether oxygens (including phenoxy) is 3. The van der Waals surface area contributed by atoms with Gasteiger partial charge in [0.25, 0.3) is 0 Å². The first-order valence-electron chi connectivity index (χ1n) is 22.6. The van der Waals surface area contributed by atoms with Crippen molar-refractivity contribution in [3.63, 3.8) is 0 Å². The molecular formula is C47H86N2O4. The maximum Gasteiger partial charge on any atom is 0.407 e. The summed E-state index contributed by atoms with van der Waals surface area (Å²) >= 11 is 0. The van der Waals surface area contributed by atoms with Gasteiger partial charge in [-0.1, -0.05) is 140 Å². The van der Waals surface area contributed by atoms with E-state index in [9.17, 15) is 4.79 Å². The maximum absolute atomic E-state index is 12.4. The lowest BCUT2D eigenvalue weighted by atomic mass is 10.1. The van der Waals surface area contributed by atoms with Crippen molar-refractivity contribution in [2.45, 2.75) is 181 Å². The van der Waals surface area contributed by atoms with Crippen LogP contribution in [-0.4, -0.2) is 70.2 Å². The lowest BCUT2D eigenvalue weighted by molar-refractivity contribution is 0.00889. The van der Waals surface area contributed by atoms with Gasteiger partial charge in [0.15, 0.2) is 0 Å². The zero-order valence-electron chi connectivity index (χ0n) is 35.0. The molecule has 1 unspecified atom stereocenters. The number of hydrogen-bond acceptors (Lipinski definition) is 5. The molecule has 0 bridgehead atoms. The van der Waals surface area contributed by atoms with E-state index in [-0.39, 0.29) is 12.0 Å².